The Labute approximate surface area is 94.7 Å². The first-order chi connectivity index (χ1) is 7.77. The Bertz CT molecular complexity index is 373. The molecule has 1 fully saturated rings. The van der Waals surface area contributed by atoms with Crippen LogP contribution in [0.25, 0.3) is 0 Å². The third-order valence-electron chi connectivity index (χ3n) is 2.82. The van der Waals surface area contributed by atoms with Crippen LogP contribution in [0.15, 0.2) is 24.3 Å². The smallest absolute Gasteiger partial charge is 0.255 e. The Balaban J connectivity index is 1.90. The van der Waals surface area contributed by atoms with E-state index in [0.717, 1.165) is 19.4 Å². The average molecular weight is 220 g/mol. The molecule has 0 aromatic heterocycles. The molecule has 0 saturated carbocycles. The maximum Gasteiger partial charge on any atom is 0.255 e. The van der Waals surface area contributed by atoms with Crippen LogP contribution in [0, 0.1) is 0 Å². The summed E-state index contributed by atoms with van der Waals surface area (Å²) in [5.41, 5.74) is 0.334. The summed E-state index contributed by atoms with van der Waals surface area (Å²) >= 11 is 0. The second kappa shape index (κ2) is 4.99. The lowest BCUT2D eigenvalue weighted by atomic mass is 10.1. The van der Waals surface area contributed by atoms with E-state index in [0.29, 0.717) is 18.2 Å². The van der Waals surface area contributed by atoms with Crippen molar-refractivity contribution in [3.63, 3.8) is 0 Å². The normalized spacial score (nSPS) is 19.6. The van der Waals surface area contributed by atoms with Crippen molar-refractivity contribution in [1.29, 1.82) is 0 Å². The zero-order valence-corrected chi connectivity index (χ0v) is 9.07. The molecule has 86 valence electrons. The third kappa shape index (κ3) is 2.52. The van der Waals surface area contributed by atoms with E-state index >= 15 is 0 Å². The molecule has 2 rings (SSSR count). The number of amides is 1. The standard InChI is InChI=1S/C12H16N2O2/c15-11-6-2-1-5-10(11)12(16)14-8-9-4-3-7-13-9/h1-2,5-6,9,13,15H,3-4,7-8H2,(H,14,16)/t9-/m0/s1. The van der Waals surface area contributed by atoms with Gasteiger partial charge in [0.15, 0.2) is 0 Å². The van der Waals surface area contributed by atoms with Gasteiger partial charge in [-0.2, -0.15) is 0 Å². The molecular formula is C12H16N2O2. The number of phenols is 1. The first kappa shape index (κ1) is 11.0. The molecule has 0 aliphatic carbocycles. The molecule has 0 bridgehead atoms. The lowest BCUT2D eigenvalue weighted by Gasteiger charge is -2.11. The maximum absolute atomic E-state index is 11.7. The maximum atomic E-state index is 11.7. The fourth-order valence-corrected chi connectivity index (χ4v) is 1.91. The van der Waals surface area contributed by atoms with E-state index in [9.17, 15) is 9.90 Å². The van der Waals surface area contributed by atoms with Gasteiger partial charge in [-0.3, -0.25) is 4.79 Å². The van der Waals surface area contributed by atoms with Crippen LogP contribution in [0.1, 0.15) is 23.2 Å². The fraction of sp³-hybridized carbons (Fsp3) is 0.417. The van der Waals surface area contributed by atoms with E-state index in [1.807, 2.05) is 0 Å². The summed E-state index contributed by atoms with van der Waals surface area (Å²) in [6.45, 7) is 1.64. The predicted molar refractivity (Wildman–Crippen MR) is 61.5 cm³/mol. The molecule has 1 aromatic rings. The van der Waals surface area contributed by atoms with Crippen molar-refractivity contribution < 1.29 is 9.90 Å². The molecule has 1 aliphatic rings. The van der Waals surface area contributed by atoms with E-state index in [4.69, 9.17) is 0 Å². The quantitative estimate of drug-likeness (QED) is 0.708. The van der Waals surface area contributed by atoms with Crippen molar-refractivity contribution in [2.24, 2.45) is 0 Å². The number of nitrogens with one attached hydrogen (secondary N) is 2. The minimum absolute atomic E-state index is 0.0272. The summed E-state index contributed by atoms with van der Waals surface area (Å²) in [5, 5.41) is 15.6. The van der Waals surface area contributed by atoms with E-state index in [1.54, 1.807) is 18.2 Å². The van der Waals surface area contributed by atoms with Gasteiger partial charge in [-0.25, -0.2) is 0 Å². The van der Waals surface area contributed by atoms with Crippen LogP contribution < -0.4 is 10.6 Å². The zero-order valence-electron chi connectivity index (χ0n) is 9.07. The molecule has 1 aliphatic heterocycles. The summed E-state index contributed by atoms with van der Waals surface area (Å²) < 4.78 is 0. The van der Waals surface area contributed by atoms with Gasteiger partial charge in [0.2, 0.25) is 0 Å². The van der Waals surface area contributed by atoms with Crippen LogP contribution >= 0.6 is 0 Å². The van der Waals surface area contributed by atoms with Gasteiger partial charge in [-0.05, 0) is 31.5 Å². The minimum Gasteiger partial charge on any atom is -0.507 e. The average Bonchev–Trinajstić information content (AvgIpc) is 2.79. The molecular weight excluding hydrogens is 204 g/mol. The Morgan fingerprint density at radius 3 is 3.00 bits per heavy atom. The van der Waals surface area contributed by atoms with Gasteiger partial charge >= 0.3 is 0 Å². The Kier molecular flexibility index (Phi) is 3.41. The fourth-order valence-electron chi connectivity index (χ4n) is 1.91. The Hall–Kier alpha value is -1.55. The van der Waals surface area contributed by atoms with Gasteiger partial charge in [0, 0.05) is 12.6 Å². The van der Waals surface area contributed by atoms with Crippen molar-refractivity contribution in [3.8, 4) is 5.75 Å². The number of phenolic OH excluding ortho intramolecular Hbond substituents is 1. The molecule has 0 radical (unpaired) electrons. The van der Waals surface area contributed by atoms with Crippen LogP contribution in [0.3, 0.4) is 0 Å². The van der Waals surface area contributed by atoms with Crippen molar-refractivity contribution in [2.75, 3.05) is 13.1 Å². The van der Waals surface area contributed by atoms with Gasteiger partial charge in [-0.15, -0.1) is 0 Å². The summed E-state index contributed by atoms with van der Waals surface area (Å²) in [5.74, 6) is -0.189. The molecule has 1 aromatic carbocycles. The van der Waals surface area contributed by atoms with E-state index in [-0.39, 0.29) is 11.7 Å². The highest BCUT2D eigenvalue weighted by molar-refractivity contribution is 5.96. The molecule has 4 nitrogen and oxygen atoms in total. The number of carbonyl (C=O) groups is 1. The zero-order chi connectivity index (χ0) is 11.4. The third-order valence-corrected chi connectivity index (χ3v) is 2.82. The molecule has 0 unspecified atom stereocenters. The molecule has 1 saturated heterocycles. The molecule has 0 spiro atoms. The van der Waals surface area contributed by atoms with Gasteiger partial charge < -0.3 is 15.7 Å². The van der Waals surface area contributed by atoms with Gasteiger partial charge in [0.25, 0.3) is 5.91 Å². The first-order valence-electron chi connectivity index (χ1n) is 5.57. The Morgan fingerprint density at radius 1 is 1.50 bits per heavy atom. The topological polar surface area (TPSA) is 61.4 Å². The largest absolute Gasteiger partial charge is 0.507 e. The van der Waals surface area contributed by atoms with Gasteiger partial charge in [-0.1, -0.05) is 12.1 Å². The molecule has 4 heteroatoms. The number of hydrogen-bond donors (Lipinski definition) is 3. The summed E-state index contributed by atoms with van der Waals surface area (Å²) in [6.07, 6.45) is 2.26. The van der Waals surface area contributed by atoms with Crippen LogP contribution in [0.2, 0.25) is 0 Å². The predicted octanol–water partition coefficient (Wildman–Crippen LogP) is 0.874. The van der Waals surface area contributed by atoms with Gasteiger partial charge in [0.05, 0.1) is 5.56 Å². The SMILES string of the molecule is O=C(NC[C@@H]1CCCN1)c1ccccc1O. The van der Waals surface area contributed by atoms with Crippen LogP contribution in [0.5, 0.6) is 5.75 Å². The van der Waals surface area contributed by atoms with Crippen molar-refractivity contribution in [2.45, 2.75) is 18.9 Å². The number of rotatable bonds is 3. The number of benzene rings is 1. The second-order valence-electron chi connectivity index (χ2n) is 4.02. The summed E-state index contributed by atoms with van der Waals surface area (Å²) in [4.78, 5) is 11.7. The number of carbonyl (C=O) groups excluding carboxylic acids is 1. The van der Waals surface area contributed by atoms with E-state index in [1.165, 1.54) is 6.07 Å². The number of para-hydroxylation sites is 1. The number of hydrogen-bond acceptors (Lipinski definition) is 3. The van der Waals surface area contributed by atoms with Crippen LogP contribution in [0.4, 0.5) is 0 Å². The van der Waals surface area contributed by atoms with Crippen LogP contribution in [-0.4, -0.2) is 30.1 Å². The molecule has 16 heavy (non-hydrogen) atoms. The second-order valence-corrected chi connectivity index (χ2v) is 4.02. The first-order valence-corrected chi connectivity index (χ1v) is 5.57. The van der Waals surface area contributed by atoms with E-state index < -0.39 is 0 Å². The molecule has 3 N–H and O–H groups in total. The highest BCUT2D eigenvalue weighted by atomic mass is 16.3. The highest BCUT2D eigenvalue weighted by Crippen LogP contribution is 2.15. The Morgan fingerprint density at radius 2 is 2.31 bits per heavy atom. The lowest BCUT2D eigenvalue weighted by Crippen LogP contribution is -2.37. The molecule has 1 atom stereocenters. The van der Waals surface area contributed by atoms with E-state index in [2.05, 4.69) is 10.6 Å². The highest BCUT2D eigenvalue weighted by Gasteiger charge is 2.16. The van der Waals surface area contributed by atoms with Crippen molar-refractivity contribution >= 4 is 5.91 Å². The van der Waals surface area contributed by atoms with Crippen molar-refractivity contribution in [3.05, 3.63) is 29.8 Å². The summed E-state index contributed by atoms with van der Waals surface area (Å²) in [7, 11) is 0. The van der Waals surface area contributed by atoms with Crippen molar-refractivity contribution in [1.82, 2.24) is 10.6 Å². The number of aromatic hydroxyl groups is 1. The van der Waals surface area contributed by atoms with Gasteiger partial charge in [0.1, 0.15) is 5.75 Å². The molecule has 1 heterocycles. The molecule has 1 amide bonds. The summed E-state index contributed by atoms with van der Waals surface area (Å²) in [6, 6.07) is 6.94. The van der Waals surface area contributed by atoms with Crippen LogP contribution in [-0.2, 0) is 0 Å². The minimum atomic E-state index is -0.216. The monoisotopic (exact) mass is 220 g/mol. The lowest BCUT2D eigenvalue weighted by molar-refractivity contribution is 0.0947.